The second-order valence-electron chi connectivity index (χ2n) is 6.40. The summed E-state index contributed by atoms with van der Waals surface area (Å²) in [5.74, 6) is 0. The second kappa shape index (κ2) is 8.82. The van der Waals surface area contributed by atoms with E-state index < -0.39 is 6.17 Å². The fourth-order valence-corrected chi connectivity index (χ4v) is 2.92. The smallest absolute Gasteiger partial charge is 0.173 e. The van der Waals surface area contributed by atoms with Crippen LogP contribution < -0.4 is 10.7 Å². The Morgan fingerprint density at radius 1 is 1.38 bits per heavy atom. The summed E-state index contributed by atoms with van der Waals surface area (Å²) >= 11 is 0. The molecule has 6 nitrogen and oxygen atoms in total. The molecule has 26 heavy (non-hydrogen) atoms. The van der Waals surface area contributed by atoms with Crippen molar-refractivity contribution in [1.29, 1.82) is 0 Å². The zero-order valence-corrected chi connectivity index (χ0v) is 15.0. The predicted octanol–water partition coefficient (Wildman–Crippen LogP) is 0.0595. The Kier molecular flexibility index (Phi) is 6.25. The first-order valence-electron chi connectivity index (χ1n) is 8.82. The normalized spacial score (nSPS) is 17.8. The van der Waals surface area contributed by atoms with Gasteiger partial charge >= 0.3 is 0 Å². The van der Waals surface area contributed by atoms with E-state index in [1.165, 1.54) is 6.20 Å². The summed E-state index contributed by atoms with van der Waals surface area (Å²) in [6.07, 6.45) is 4.00. The first-order valence-corrected chi connectivity index (χ1v) is 8.82. The summed E-state index contributed by atoms with van der Waals surface area (Å²) in [5.41, 5.74) is 9.91. The van der Waals surface area contributed by atoms with E-state index in [0.29, 0.717) is 19.8 Å². The topological polar surface area (TPSA) is 78.2 Å². The number of ether oxygens (including phenoxy) is 1. The van der Waals surface area contributed by atoms with Gasteiger partial charge in [-0.2, -0.15) is 0 Å². The molecular weight excluding hydrogens is 333 g/mol. The van der Waals surface area contributed by atoms with E-state index in [-0.39, 0.29) is 6.54 Å². The number of morpholine rings is 1. The maximum Gasteiger partial charge on any atom is 0.173 e. The van der Waals surface area contributed by atoms with Crippen molar-refractivity contribution in [3.8, 4) is 0 Å². The van der Waals surface area contributed by atoms with E-state index in [2.05, 4.69) is 19.9 Å². The van der Waals surface area contributed by atoms with E-state index in [4.69, 9.17) is 10.5 Å². The highest BCUT2D eigenvalue weighted by molar-refractivity contribution is 6.07. The number of fused-ring (bicyclic) bond motifs is 1. The third-order valence-electron chi connectivity index (χ3n) is 4.35. The van der Waals surface area contributed by atoms with Gasteiger partial charge in [0.2, 0.25) is 0 Å². The molecule has 3 N–H and O–H groups in total. The number of nitrogens with two attached hydrogens (primary N) is 1. The van der Waals surface area contributed by atoms with Gasteiger partial charge in [-0.05, 0) is 25.1 Å². The SMILES string of the molecule is Cc1ccc2ncc(C(C=[NH+]CC(F)CN3CCOCC3)=CN)cc2n1. The predicted molar refractivity (Wildman–Crippen MR) is 100 cm³/mol. The van der Waals surface area contributed by atoms with Gasteiger partial charge in [0.1, 0.15) is 0 Å². The molecule has 0 bridgehead atoms. The van der Waals surface area contributed by atoms with Gasteiger partial charge in [0, 0.05) is 43.3 Å². The minimum Gasteiger partial charge on any atom is -0.404 e. The number of nitrogens with one attached hydrogen (secondary N) is 1. The van der Waals surface area contributed by atoms with Gasteiger partial charge in [-0.3, -0.25) is 14.9 Å². The van der Waals surface area contributed by atoms with E-state index in [0.717, 1.165) is 41.0 Å². The van der Waals surface area contributed by atoms with Crippen LogP contribution in [0.25, 0.3) is 16.6 Å². The summed E-state index contributed by atoms with van der Waals surface area (Å²) in [5, 5.41) is 0. The summed E-state index contributed by atoms with van der Waals surface area (Å²) in [4.78, 5) is 14.0. The van der Waals surface area contributed by atoms with E-state index in [1.807, 2.05) is 25.1 Å². The molecule has 0 amide bonds. The van der Waals surface area contributed by atoms with Gasteiger partial charge < -0.3 is 10.5 Å². The Bertz CT molecular complexity index is 802. The molecule has 7 heteroatoms. The number of alkyl halides is 1. The standard InChI is InChI=1S/C19H24FN5O/c1-14-2-3-18-19(24-14)8-15(11-23-18)16(9-21)10-22-12-17(20)13-25-4-6-26-7-5-25/h2-3,8-11,17H,4-7,12-13,21H2,1H3/p+1. The number of halogens is 1. The number of aryl methyl sites for hydroxylation is 1. The molecule has 0 spiro atoms. The quantitative estimate of drug-likeness (QED) is 0.714. The molecule has 2 aromatic heterocycles. The molecule has 2 aromatic rings. The minimum atomic E-state index is -0.956. The maximum absolute atomic E-state index is 14.2. The Morgan fingerprint density at radius 3 is 2.96 bits per heavy atom. The fourth-order valence-electron chi connectivity index (χ4n) is 2.92. The molecule has 0 saturated carbocycles. The van der Waals surface area contributed by atoms with Crippen LogP contribution >= 0.6 is 0 Å². The van der Waals surface area contributed by atoms with Crippen LogP contribution in [0.3, 0.4) is 0 Å². The van der Waals surface area contributed by atoms with Crippen LogP contribution in [0.2, 0.25) is 0 Å². The zero-order chi connectivity index (χ0) is 18.4. The van der Waals surface area contributed by atoms with Gasteiger partial charge in [0.25, 0.3) is 0 Å². The van der Waals surface area contributed by atoms with Crippen LogP contribution in [0.4, 0.5) is 4.39 Å². The fraction of sp³-hybridized carbons (Fsp3) is 0.421. The molecule has 0 aromatic carbocycles. The summed E-state index contributed by atoms with van der Waals surface area (Å²) < 4.78 is 19.4. The Labute approximate surface area is 152 Å². The number of aromatic nitrogens is 2. The number of pyridine rings is 2. The molecule has 3 rings (SSSR count). The van der Waals surface area contributed by atoms with Crippen LogP contribution in [0.1, 0.15) is 11.3 Å². The van der Waals surface area contributed by atoms with Crippen LogP contribution in [0, 0.1) is 6.92 Å². The Morgan fingerprint density at radius 2 is 2.19 bits per heavy atom. The molecule has 138 valence electrons. The minimum absolute atomic E-state index is 0.229. The van der Waals surface area contributed by atoms with Crippen LogP contribution in [-0.2, 0) is 4.74 Å². The van der Waals surface area contributed by atoms with Crippen molar-refractivity contribution >= 4 is 22.8 Å². The van der Waals surface area contributed by atoms with Crippen LogP contribution in [0.15, 0.2) is 30.6 Å². The highest BCUT2D eigenvalue weighted by Gasteiger charge is 2.17. The monoisotopic (exact) mass is 358 g/mol. The highest BCUT2D eigenvalue weighted by atomic mass is 19.1. The Balaban J connectivity index is 1.62. The van der Waals surface area contributed by atoms with E-state index >= 15 is 0 Å². The number of hydrogen-bond acceptors (Lipinski definition) is 5. The second-order valence-corrected chi connectivity index (χ2v) is 6.40. The van der Waals surface area contributed by atoms with Crippen LogP contribution in [-0.4, -0.2) is 66.6 Å². The lowest BCUT2D eigenvalue weighted by Gasteiger charge is -2.26. The lowest BCUT2D eigenvalue weighted by atomic mass is 10.1. The Hall–Kier alpha value is -2.38. The number of allylic oxidation sites excluding steroid dienone is 1. The summed E-state index contributed by atoms with van der Waals surface area (Å²) in [7, 11) is 0. The molecule has 3 heterocycles. The molecule has 0 aliphatic carbocycles. The summed E-state index contributed by atoms with van der Waals surface area (Å²) in [6, 6.07) is 5.81. The van der Waals surface area contributed by atoms with Crippen molar-refractivity contribution in [2.24, 2.45) is 5.73 Å². The van der Waals surface area contributed by atoms with Crippen molar-refractivity contribution in [2.75, 3.05) is 39.4 Å². The lowest BCUT2D eigenvalue weighted by Crippen LogP contribution is -2.72. The van der Waals surface area contributed by atoms with Gasteiger partial charge in [-0.1, -0.05) is 0 Å². The molecule has 1 aliphatic heterocycles. The van der Waals surface area contributed by atoms with Crippen molar-refractivity contribution in [1.82, 2.24) is 14.9 Å². The zero-order valence-electron chi connectivity index (χ0n) is 15.0. The highest BCUT2D eigenvalue weighted by Crippen LogP contribution is 2.16. The van der Waals surface area contributed by atoms with Gasteiger partial charge in [0.05, 0.1) is 29.8 Å². The van der Waals surface area contributed by atoms with Gasteiger partial charge in [-0.15, -0.1) is 0 Å². The molecule has 1 aliphatic rings. The van der Waals surface area contributed by atoms with Crippen molar-refractivity contribution in [3.05, 3.63) is 41.9 Å². The molecule has 1 saturated heterocycles. The first kappa shape index (κ1) is 18.4. The number of nitrogens with zero attached hydrogens (tertiary/aromatic N) is 3. The molecule has 0 radical (unpaired) electrons. The molecule has 1 fully saturated rings. The van der Waals surface area contributed by atoms with Crippen LogP contribution in [0.5, 0.6) is 0 Å². The molecule has 1 unspecified atom stereocenters. The molecular formula is C19H25FN5O+. The van der Waals surface area contributed by atoms with Crippen molar-refractivity contribution in [2.45, 2.75) is 13.1 Å². The molecule has 1 atom stereocenters. The average molecular weight is 358 g/mol. The third-order valence-corrected chi connectivity index (χ3v) is 4.35. The van der Waals surface area contributed by atoms with Gasteiger partial charge in [0.15, 0.2) is 18.9 Å². The lowest BCUT2D eigenvalue weighted by molar-refractivity contribution is -0.459. The summed E-state index contributed by atoms with van der Waals surface area (Å²) in [6.45, 7) is 5.50. The van der Waals surface area contributed by atoms with E-state index in [9.17, 15) is 4.39 Å². The van der Waals surface area contributed by atoms with Crippen molar-refractivity contribution < 1.29 is 14.1 Å². The maximum atomic E-state index is 14.2. The number of rotatable bonds is 6. The number of hydrogen-bond donors (Lipinski definition) is 2. The average Bonchev–Trinajstić information content (AvgIpc) is 2.65. The van der Waals surface area contributed by atoms with E-state index in [1.54, 1.807) is 12.4 Å². The first-order chi connectivity index (χ1) is 12.7. The largest absolute Gasteiger partial charge is 0.404 e. The third kappa shape index (κ3) is 4.83. The van der Waals surface area contributed by atoms with Crippen molar-refractivity contribution in [3.63, 3.8) is 0 Å². The van der Waals surface area contributed by atoms with Gasteiger partial charge in [-0.25, -0.2) is 9.38 Å².